The van der Waals surface area contributed by atoms with Crippen LogP contribution in [0.5, 0.6) is 6.01 Å². The summed E-state index contributed by atoms with van der Waals surface area (Å²) in [7, 11) is -3.18. The molecule has 2 N–H and O–H groups in total. The highest BCUT2D eigenvalue weighted by Gasteiger charge is 2.28. The van der Waals surface area contributed by atoms with Gasteiger partial charge in [0.15, 0.2) is 0 Å². The SMILES string of the molecule is COc1nc(P(=O)(O)O)n(-c2ccccc2)n1. The molecule has 0 aliphatic rings. The van der Waals surface area contributed by atoms with Gasteiger partial charge in [0.2, 0.25) is 5.57 Å². The van der Waals surface area contributed by atoms with Crippen molar-refractivity contribution in [2.75, 3.05) is 7.11 Å². The molecule has 2 rings (SSSR count). The zero-order valence-corrected chi connectivity index (χ0v) is 9.78. The Morgan fingerprint density at radius 1 is 1.29 bits per heavy atom. The van der Waals surface area contributed by atoms with Crippen molar-refractivity contribution in [1.82, 2.24) is 14.8 Å². The minimum absolute atomic E-state index is 0.0906. The van der Waals surface area contributed by atoms with E-state index in [1.807, 2.05) is 0 Å². The van der Waals surface area contributed by atoms with Crippen LogP contribution in [0.2, 0.25) is 0 Å². The molecule has 0 radical (unpaired) electrons. The number of hydrogen-bond acceptors (Lipinski definition) is 4. The lowest BCUT2D eigenvalue weighted by molar-refractivity contribution is 0.378. The molecule has 1 heterocycles. The predicted molar refractivity (Wildman–Crippen MR) is 59.6 cm³/mol. The number of para-hydroxylation sites is 1. The van der Waals surface area contributed by atoms with E-state index >= 15 is 0 Å². The molecular formula is C9H10N3O4P. The Labute approximate surface area is 96.8 Å². The third kappa shape index (κ3) is 2.36. The zero-order valence-electron chi connectivity index (χ0n) is 8.89. The van der Waals surface area contributed by atoms with Crippen molar-refractivity contribution in [3.8, 4) is 11.7 Å². The zero-order chi connectivity index (χ0) is 12.5. The number of benzene rings is 1. The summed E-state index contributed by atoms with van der Waals surface area (Å²) in [5, 5.41) is 3.86. The van der Waals surface area contributed by atoms with Crippen molar-refractivity contribution in [2.45, 2.75) is 0 Å². The third-order valence-electron chi connectivity index (χ3n) is 2.01. The van der Waals surface area contributed by atoms with Crippen LogP contribution in [0.1, 0.15) is 0 Å². The van der Waals surface area contributed by atoms with Crippen LogP contribution in [0, 0.1) is 0 Å². The van der Waals surface area contributed by atoms with E-state index in [0.717, 1.165) is 4.68 Å². The quantitative estimate of drug-likeness (QED) is 0.754. The molecule has 0 saturated carbocycles. The van der Waals surface area contributed by atoms with Crippen LogP contribution in [-0.2, 0) is 4.57 Å². The first-order valence-electron chi connectivity index (χ1n) is 4.65. The topological polar surface area (TPSA) is 97.5 Å². The average Bonchev–Trinajstić information content (AvgIpc) is 2.74. The van der Waals surface area contributed by atoms with Gasteiger partial charge in [-0.1, -0.05) is 18.2 Å². The molecule has 7 nitrogen and oxygen atoms in total. The van der Waals surface area contributed by atoms with E-state index in [1.54, 1.807) is 30.3 Å². The maximum atomic E-state index is 11.3. The van der Waals surface area contributed by atoms with Crippen LogP contribution in [0.25, 0.3) is 5.69 Å². The summed E-state index contributed by atoms with van der Waals surface area (Å²) in [6.07, 6.45) is 0. The highest BCUT2D eigenvalue weighted by atomic mass is 31.2. The minimum atomic E-state index is -4.50. The summed E-state index contributed by atoms with van der Waals surface area (Å²) >= 11 is 0. The van der Waals surface area contributed by atoms with Crippen molar-refractivity contribution >= 4 is 13.2 Å². The van der Waals surface area contributed by atoms with E-state index in [2.05, 4.69) is 10.1 Å². The second-order valence-electron chi connectivity index (χ2n) is 3.19. The summed E-state index contributed by atoms with van der Waals surface area (Å²) in [4.78, 5) is 22.0. The van der Waals surface area contributed by atoms with Gasteiger partial charge in [-0.05, 0) is 12.1 Å². The molecule has 0 atom stereocenters. The van der Waals surface area contributed by atoms with Gasteiger partial charge in [-0.15, -0.1) is 5.10 Å². The fraction of sp³-hybridized carbons (Fsp3) is 0.111. The second-order valence-corrected chi connectivity index (χ2v) is 4.68. The van der Waals surface area contributed by atoms with Crippen molar-refractivity contribution in [3.63, 3.8) is 0 Å². The maximum Gasteiger partial charge on any atom is 0.393 e. The molecule has 0 amide bonds. The molecule has 0 saturated heterocycles. The number of methoxy groups -OCH3 is 1. The van der Waals surface area contributed by atoms with Gasteiger partial charge >= 0.3 is 13.6 Å². The first-order valence-corrected chi connectivity index (χ1v) is 6.26. The van der Waals surface area contributed by atoms with Crippen molar-refractivity contribution in [3.05, 3.63) is 30.3 Å². The molecule has 0 unspecified atom stereocenters. The number of rotatable bonds is 3. The first kappa shape index (κ1) is 11.8. The standard InChI is InChI=1S/C9H10N3O4P/c1-16-8-10-9(17(13,14)15)12(11-8)7-5-3-2-4-6-7/h2-6H,1H3,(H2,13,14,15). The lowest BCUT2D eigenvalue weighted by Gasteiger charge is -2.05. The normalized spacial score (nSPS) is 11.5. The molecule has 0 bridgehead atoms. The lowest BCUT2D eigenvalue weighted by atomic mass is 10.3. The van der Waals surface area contributed by atoms with Gasteiger partial charge in [0.1, 0.15) is 0 Å². The predicted octanol–water partition coefficient (Wildman–Crippen LogP) is 0.0789. The Bertz CT molecular complexity index is 563. The van der Waals surface area contributed by atoms with Gasteiger partial charge in [-0.3, -0.25) is 4.57 Å². The highest BCUT2D eigenvalue weighted by Crippen LogP contribution is 2.33. The summed E-state index contributed by atoms with van der Waals surface area (Å²) in [6, 6.07) is 8.47. The van der Waals surface area contributed by atoms with Gasteiger partial charge in [0.05, 0.1) is 12.8 Å². The van der Waals surface area contributed by atoms with Crippen LogP contribution in [-0.4, -0.2) is 31.7 Å². The first-order chi connectivity index (χ1) is 8.02. The molecule has 8 heteroatoms. The average molecular weight is 255 g/mol. The number of nitrogens with zero attached hydrogens (tertiary/aromatic N) is 3. The summed E-state index contributed by atoms with van der Waals surface area (Å²) in [6.45, 7) is 0. The summed E-state index contributed by atoms with van der Waals surface area (Å²) in [5.41, 5.74) is 0.0576. The minimum Gasteiger partial charge on any atom is -0.466 e. The molecule has 0 spiro atoms. The van der Waals surface area contributed by atoms with E-state index in [-0.39, 0.29) is 6.01 Å². The van der Waals surface area contributed by atoms with Crippen LogP contribution < -0.4 is 10.3 Å². The number of aromatic nitrogens is 3. The highest BCUT2D eigenvalue weighted by molar-refractivity contribution is 7.59. The molecule has 1 aromatic carbocycles. The molecular weight excluding hydrogens is 245 g/mol. The molecule has 17 heavy (non-hydrogen) atoms. The lowest BCUT2D eigenvalue weighted by Crippen LogP contribution is -2.18. The van der Waals surface area contributed by atoms with Crippen LogP contribution in [0.15, 0.2) is 30.3 Å². The van der Waals surface area contributed by atoms with E-state index in [1.165, 1.54) is 7.11 Å². The van der Waals surface area contributed by atoms with E-state index in [9.17, 15) is 14.4 Å². The van der Waals surface area contributed by atoms with E-state index < -0.39 is 13.2 Å². The van der Waals surface area contributed by atoms with Gasteiger partial charge in [-0.25, -0.2) is 4.68 Å². The molecule has 90 valence electrons. The van der Waals surface area contributed by atoms with E-state index in [4.69, 9.17) is 4.74 Å². The van der Waals surface area contributed by atoms with Crippen LogP contribution in [0.3, 0.4) is 0 Å². The van der Waals surface area contributed by atoms with Crippen molar-refractivity contribution in [2.24, 2.45) is 0 Å². The maximum absolute atomic E-state index is 11.3. The smallest absolute Gasteiger partial charge is 0.393 e. The number of ether oxygens (including phenoxy) is 1. The Hall–Kier alpha value is -1.69. The second kappa shape index (κ2) is 4.29. The number of hydrogen-bond donors (Lipinski definition) is 2. The fourth-order valence-corrected chi connectivity index (χ4v) is 1.93. The van der Waals surface area contributed by atoms with Gasteiger partial charge in [0.25, 0.3) is 0 Å². The van der Waals surface area contributed by atoms with E-state index in [0.29, 0.717) is 5.69 Å². The molecule has 0 aliphatic heterocycles. The van der Waals surface area contributed by atoms with Crippen LogP contribution in [0.4, 0.5) is 0 Å². The van der Waals surface area contributed by atoms with Crippen LogP contribution >= 0.6 is 7.60 Å². The largest absolute Gasteiger partial charge is 0.466 e. The molecule has 0 fully saturated rings. The Kier molecular flexibility index (Phi) is 2.97. The molecule has 2 aromatic rings. The van der Waals surface area contributed by atoms with Gasteiger partial charge in [0, 0.05) is 0 Å². The van der Waals surface area contributed by atoms with Gasteiger partial charge < -0.3 is 14.5 Å². The van der Waals surface area contributed by atoms with Crippen molar-refractivity contribution < 1.29 is 19.1 Å². The molecule has 1 aromatic heterocycles. The van der Waals surface area contributed by atoms with Crippen molar-refractivity contribution in [1.29, 1.82) is 0 Å². The Balaban J connectivity index is 2.61. The Morgan fingerprint density at radius 3 is 2.47 bits per heavy atom. The summed E-state index contributed by atoms with van der Waals surface area (Å²) < 4.78 is 17.1. The monoisotopic (exact) mass is 255 g/mol. The summed E-state index contributed by atoms with van der Waals surface area (Å²) in [5.74, 6) is 0. The third-order valence-corrected chi connectivity index (χ3v) is 2.83. The fourth-order valence-electron chi connectivity index (χ4n) is 1.30. The van der Waals surface area contributed by atoms with Gasteiger partial charge in [-0.2, -0.15) is 4.98 Å². The molecule has 0 aliphatic carbocycles. The Morgan fingerprint density at radius 2 is 1.94 bits per heavy atom.